The van der Waals surface area contributed by atoms with Crippen molar-refractivity contribution in [3.63, 3.8) is 0 Å². The fourth-order valence-corrected chi connectivity index (χ4v) is 15.0. The Labute approximate surface area is 642 Å². The van der Waals surface area contributed by atoms with Crippen LogP contribution in [-0.2, 0) is 5.41 Å². The summed E-state index contributed by atoms with van der Waals surface area (Å²) in [6.07, 6.45) is 22.5. The van der Waals surface area contributed by atoms with Gasteiger partial charge in [-0.25, -0.2) is 39.9 Å². The first-order chi connectivity index (χ1) is 49.3. The van der Waals surface area contributed by atoms with Gasteiger partial charge in [-0.05, 0) is 98.4 Å². The van der Waals surface area contributed by atoms with E-state index >= 15 is 0 Å². The number of anilines is 8. The summed E-state index contributed by atoms with van der Waals surface area (Å²) in [5.74, 6) is 4.35. The Morgan fingerprint density at radius 3 is 1.10 bits per heavy atom. The van der Waals surface area contributed by atoms with Gasteiger partial charge in [0, 0.05) is 105 Å². The van der Waals surface area contributed by atoms with Crippen molar-refractivity contribution in [2.75, 3.05) is 108 Å². The lowest BCUT2D eigenvalue weighted by Gasteiger charge is -2.42. The van der Waals surface area contributed by atoms with E-state index in [-0.39, 0.29) is 22.1 Å². The topological polar surface area (TPSA) is 318 Å². The average molecular weight is 1560 g/mol. The van der Waals surface area contributed by atoms with Gasteiger partial charge in [-0.2, -0.15) is 0 Å². The van der Waals surface area contributed by atoms with Crippen molar-refractivity contribution < 1.29 is 5.11 Å². The van der Waals surface area contributed by atoms with Crippen LogP contribution in [0.15, 0.2) is 116 Å². The summed E-state index contributed by atoms with van der Waals surface area (Å²) in [5.41, 5.74) is 42.9. The Hall–Kier alpha value is -7.12. The smallest absolute Gasteiger partial charge is 0.152 e. The lowest BCUT2D eigenvalue weighted by atomic mass is 9.73. The molecule has 29 heteroatoms. The SMILES string of the molecule is CC1(C)CCN(c2cnc(-c3cccc(Cl)c3Cl)c(N)n2)CC1O.CC1(CN)CCN(c2cnc(-c3cccc(Cl)c3Cl)c(N)n2)CC1.CCCC1(CC)CCN(c2cnc(-c3cccc(Cl)c3Cl)c(N)n2)CC1.NCC1(c2cnccn2)CCN(c2cnc(-c3cccc(Cl)c3Cl)c(N)n2)CC1. The highest BCUT2D eigenvalue weighted by molar-refractivity contribution is 6.45. The van der Waals surface area contributed by atoms with Crippen LogP contribution in [0.1, 0.15) is 105 Å². The number of nitrogens with two attached hydrogens (primary N) is 6. The van der Waals surface area contributed by atoms with Crippen molar-refractivity contribution in [1.82, 2.24) is 49.8 Å². The maximum absolute atomic E-state index is 10.3. The van der Waals surface area contributed by atoms with E-state index in [1.165, 1.54) is 32.1 Å². The Bertz CT molecular complexity index is 4380. The van der Waals surface area contributed by atoms with Crippen molar-refractivity contribution in [3.05, 3.63) is 162 Å². The number of hydrogen-bond acceptors (Lipinski definition) is 21. The van der Waals surface area contributed by atoms with Gasteiger partial charge in [-0.15, -0.1) is 0 Å². The van der Waals surface area contributed by atoms with Gasteiger partial charge in [0.25, 0.3) is 0 Å². The van der Waals surface area contributed by atoms with E-state index in [9.17, 15) is 5.11 Å². The van der Waals surface area contributed by atoms with E-state index in [1.807, 2.05) is 47.5 Å². The first-order valence-corrected chi connectivity index (χ1v) is 37.4. The molecule has 21 nitrogen and oxygen atoms in total. The first-order valence-electron chi connectivity index (χ1n) is 34.4. The van der Waals surface area contributed by atoms with Crippen LogP contribution in [0.3, 0.4) is 0 Å². The van der Waals surface area contributed by atoms with E-state index in [1.54, 1.807) is 73.6 Å². The predicted octanol–water partition coefficient (Wildman–Crippen LogP) is 16.4. The van der Waals surface area contributed by atoms with Gasteiger partial charge in [0.1, 0.15) is 46.0 Å². The molecule has 0 spiro atoms. The van der Waals surface area contributed by atoms with E-state index in [4.69, 9.17) is 127 Å². The van der Waals surface area contributed by atoms with Crippen LogP contribution in [0.4, 0.5) is 46.5 Å². The molecule has 4 aromatic carbocycles. The number of nitrogen functional groups attached to an aromatic ring is 4. The summed E-state index contributed by atoms with van der Waals surface area (Å²) in [4.78, 5) is 53.5. The number of rotatable bonds is 14. The number of aliphatic hydroxyl groups is 1. The Morgan fingerprint density at radius 2 is 0.786 bits per heavy atom. The van der Waals surface area contributed by atoms with Crippen LogP contribution in [0.25, 0.3) is 45.0 Å². The van der Waals surface area contributed by atoms with Gasteiger partial charge in [0.05, 0.1) is 76.8 Å². The van der Waals surface area contributed by atoms with E-state index in [2.05, 4.69) is 99.2 Å². The van der Waals surface area contributed by atoms with Gasteiger partial charge >= 0.3 is 0 Å². The summed E-state index contributed by atoms with van der Waals surface area (Å²) in [5, 5.41) is 13.8. The molecule has 9 aromatic rings. The minimum atomic E-state index is -0.420. The highest BCUT2D eigenvalue weighted by Crippen LogP contribution is 2.44. The Kier molecular flexibility index (Phi) is 26.2. The minimum Gasteiger partial charge on any atom is -0.391 e. The molecule has 4 fully saturated rings. The molecule has 1 atom stereocenters. The van der Waals surface area contributed by atoms with Crippen LogP contribution in [0.2, 0.25) is 40.2 Å². The minimum absolute atomic E-state index is 0.0935. The van der Waals surface area contributed by atoms with Crippen LogP contribution < -0.4 is 54.0 Å². The van der Waals surface area contributed by atoms with Gasteiger partial charge in [0.15, 0.2) is 23.3 Å². The van der Waals surface area contributed by atoms with Crippen molar-refractivity contribution in [2.45, 2.75) is 110 Å². The molecule has 13 rings (SSSR count). The van der Waals surface area contributed by atoms with Gasteiger partial charge < -0.3 is 59.1 Å². The van der Waals surface area contributed by atoms with Crippen molar-refractivity contribution >= 4 is 139 Å². The second-order valence-corrected chi connectivity index (χ2v) is 30.7. The number of hydrogen-bond donors (Lipinski definition) is 7. The van der Waals surface area contributed by atoms with Gasteiger partial charge in [-0.3, -0.25) is 9.97 Å². The molecule has 0 amide bonds. The number of benzene rings is 4. The predicted molar refractivity (Wildman–Crippen MR) is 426 cm³/mol. The number of β-amino-alcohol motifs (C(OH)–C–C–N with tert-alkyl or cyclic N) is 1. The fourth-order valence-electron chi connectivity index (χ4n) is 13.4. The number of piperidine rings is 4. The summed E-state index contributed by atoms with van der Waals surface area (Å²) in [6.45, 7) is 18.9. The maximum atomic E-state index is 10.3. The molecule has 0 radical (unpaired) electrons. The highest BCUT2D eigenvalue weighted by atomic mass is 35.5. The van der Waals surface area contributed by atoms with Gasteiger partial charge in [0.2, 0.25) is 0 Å². The molecular formula is C74H88Cl8N20O. The summed E-state index contributed by atoms with van der Waals surface area (Å²) in [7, 11) is 0. The molecule has 0 aliphatic carbocycles. The molecule has 9 heterocycles. The highest BCUT2D eigenvalue weighted by Gasteiger charge is 2.39. The van der Waals surface area contributed by atoms with E-state index in [0.717, 1.165) is 101 Å². The Morgan fingerprint density at radius 1 is 0.437 bits per heavy atom. The van der Waals surface area contributed by atoms with Crippen LogP contribution in [0.5, 0.6) is 0 Å². The maximum Gasteiger partial charge on any atom is 0.152 e. The van der Waals surface area contributed by atoms with Crippen molar-refractivity contribution in [1.29, 1.82) is 0 Å². The average Bonchev–Trinajstić information content (AvgIpc) is 0.801. The zero-order chi connectivity index (χ0) is 74.0. The molecule has 0 saturated carbocycles. The van der Waals surface area contributed by atoms with Crippen molar-refractivity contribution in [3.8, 4) is 45.0 Å². The zero-order valence-corrected chi connectivity index (χ0v) is 64.4. The van der Waals surface area contributed by atoms with E-state index in [0.29, 0.717) is 134 Å². The second kappa shape index (κ2) is 34.4. The molecule has 0 bridgehead atoms. The molecule has 4 aliphatic rings. The van der Waals surface area contributed by atoms with Crippen LogP contribution in [-0.4, -0.2) is 126 Å². The molecule has 103 heavy (non-hydrogen) atoms. The summed E-state index contributed by atoms with van der Waals surface area (Å²) < 4.78 is 0. The normalized spacial score (nSPS) is 17.4. The third-order valence-corrected chi connectivity index (χ3v) is 23.9. The van der Waals surface area contributed by atoms with Crippen LogP contribution >= 0.6 is 92.8 Å². The molecule has 13 N–H and O–H groups in total. The molecule has 5 aromatic heterocycles. The molecule has 4 aliphatic heterocycles. The second-order valence-electron chi connectivity index (χ2n) is 27.6. The van der Waals surface area contributed by atoms with Gasteiger partial charge in [-0.1, -0.05) is 189 Å². The van der Waals surface area contributed by atoms with E-state index < -0.39 is 6.10 Å². The molecule has 1 unspecified atom stereocenters. The largest absolute Gasteiger partial charge is 0.391 e. The quantitative estimate of drug-likeness (QED) is 0.0532. The van der Waals surface area contributed by atoms with Crippen LogP contribution in [0, 0.1) is 16.2 Å². The summed E-state index contributed by atoms with van der Waals surface area (Å²) in [6, 6.07) is 21.5. The Balaban J connectivity index is 0.000000148. The third-order valence-electron chi connectivity index (χ3n) is 20.6. The monoisotopic (exact) mass is 1550 g/mol. The first kappa shape index (κ1) is 78.5. The third kappa shape index (κ3) is 18.2. The number of halogens is 8. The number of nitrogens with zero attached hydrogens (tertiary/aromatic N) is 14. The zero-order valence-electron chi connectivity index (χ0n) is 58.4. The molecular weight excluding hydrogens is 1470 g/mol. The lowest BCUT2D eigenvalue weighted by Crippen LogP contribution is -2.48. The standard InChI is InChI=1S/C20H21Cl2N7.C20H26Cl2N4.C17H21Cl2N5.C17H20Cl2N4O/c21-14-3-1-2-13(17(14)22)18-19(24)28-16(11-27-18)29-8-4-20(12-23,5-9-29)15-10-25-6-7-26-15;1-3-8-20(4-2)9-11-26(12-10-20)16-13-24-18(19(23)25-16)14-6-5-7-15(21)17(14)22;1-17(10-20)5-7-24(8-6-17)13-9-22-15(16(21)23-13)11-3-2-4-12(18)14(11)19;1-17(2)6-7-23(9-12(17)24)13-8-21-15(16(20)22-13)10-4-3-5-11(18)14(10)19/h1-3,6-7,10-11H,4-5,8-9,12,23H2,(H2,24,28);5-7,13H,3-4,8-12H2,1-2H3,(H2,23,25);2-4,9H,5-8,10,20H2,1H3,(H2,21,23);3-5,8,12,24H,6-7,9H2,1-2H3,(H2,20,22). The lowest BCUT2D eigenvalue weighted by molar-refractivity contribution is 0.0349. The molecule has 4 saturated heterocycles. The fraction of sp³-hybridized carbons (Fsp3) is 0.405. The summed E-state index contributed by atoms with van der Waals surface area (Å²) >= 11 is 49.4. The van der Waals surface area contributed by atoms with Crippen molar-refractivity contribution in [2.24, 2.45) is 27.7 Å². The number of aromatic nitrogens is 10. The number of aliphatic hydroxyl groups excluding tert-OH is 1. The molecule has 546 valence electrons.